The highest BCUT2D eigenvalue weighted by Crippen LogP contribution is 2.10. The molecule has 10 heavy (non-hydrogen) atoms. The van der Waals surface area contributed by atoms with Crippen LogP contribution in [0.5, 0.6) is 0 Å². The molecular formula is C5H11NO3S. The molecule has 0 aromatic carbocycles. The molecule has 1 saturated heterocycles. The fourth-order valence-electron chi connectivity index (χ4n) is 0.998. The predicted molar refractivity (Wildman–Crippen MR) is 37.6 cm³/mol. The highest BCUT2D eigenvalue weighted by atomic mass is 32.2. The van der Waals surface area contributed by atoms with Crippen molar-refractivity contribution in [3.05, 3.63) is 0 Å². The molecule has 1 fully saturated rings. The third kappa shape index (κ3) is 2.02. The minimum absolute atomic E-state index is 0.278. The molecule has 0 amide bonds. The highest BCUT2D eigenvalue weighted by molar-refractivity contribution is 7.76. The molecule has 5 heteroatoms. The van der Waals surface area contributed by atoms with Crippen molar-refractivity contribution in [1.82, 2.24) is 4.31 Å². The molecule has 60 valence electrons. The van der Waals surface area contributed by atoms with E-state index >= 15 is 0 Å². The second-order valence-electron chi connectivity index (χ2n) is 2.39. The fourth-order valence-corrected chi connectivity index (χ4v) is 1.52. The SMILES string of the molecule is O=S(O)N1CCC(O)CC1. The second-order valence-corrected chi connectivity index (χ2v) is 3.37. The zero-order valence-corrected chi connectivity index (χ0v) is 6.38. The summed E-state index contributed by atoms with van der Waals surface area (Å²) < 4.78 is 20.4. The van der Waals surface area contributed by atoms with Gasteiger partial charge in [0.15, 0.2) is 0 Å². The normalized spacial score (nSPS) is 26.6. The van der Waals surface area contributed by atoms with Gasteiger partial charge in [0.05, 0.1) is 6.10 Å². The molecule has 0 bridgehead atoms. The first-order chi connectivity index (χ1) is 4.70. The van der Waals surface area contributed by atoms with Crippen LogP contribution in [0.1, 0.15) is 12.8 Å². The van der Waals surface area contributed by atoms with E-state index < -0.39 is 11.3 Å². The van der Waals surface area contributed by atoms with E-state index in [0.717, 1.165) is 0 Å². The number of nitrogens with zero attached hydrogens (tertiary/aromatic N) is 1. The summed E-state index contributed by atoms with van der Waals surface area (Å²) >= 11 is -1.84. The van der Waals surface area contributed by atoms with Crippen molar-refractivity contribution in [2.24, 2.45) is 0 Å². The molecule has 1 aliphatic rings. The Morgan fingerprint density at radius 3 is 2.30 bits per heavy atom. The molecule has 0 aromatic heterocycles. The lowest BCUT2D eigenvalue weighted by Crippen LogP contribution is -2.36. The summed E-state index contributed by atoms with van der Waals surface area (Å²) in [4.78, 5) is 0. The summed E-state index contributed by atoms with van der Waals surface area (Å²) in [7, 11) is 0. The first kappa shape index (κ1) is 8.13. The average molecular weight is 165 g/mol. The van der Waals surface area contributed by atoms with E-state index in [0.29, 0.717) is 25.9 Å². The molecule has 0 aliphatic carbocycles. The fraction of sp³-hybridized carbons (Fsp3) is 1.00. The monoisotopic (exact) mass is 165 g/mol. The van der Waals surface area contributed by atoms with Gasteiger partial charge in [-0.05, 0) is 12.8 Å². The Bertz CT molecular complexity index is 133. The van der Waals surface area contributed by atoms with Gasteiger partial charge in [-0.25, -0.2) is 8.51 Å². The van der Waals surface area contributed by atoms with Crippen LogP contribution in [0.3, 0.4) is 0 Å². The van der Waals surface area contributed by atoms with Crippen molar-refractivity contribution in [2.75, 3.05) is 13.1 Å². The van der Waals surface area contributed by atoms with Crippen LogP contribution >= 0.6 is 0 Å². The largest absolute Gasteiger partial charge is 0.393 e. The first-order valence-corrected chi connectivity index (χ1v) is 4.30. The van der Waals surface area contributed by atoms with Gasteiger partial charge in [-0.3, -0.25) is 4.55 Å². The molecule has 2 N–H and O–H groups in total. The number of hydrogen-bond acceptors (Lipinski definition) is 2. The maximum absolute atomic E-state index is 10.4. The van der Waals surface area contributed by atoms with Crippen molar-refractivity contribution in [1.29, 1.82) is 0 Å². The van der Waals surface area contributed by atoms with Gasteiger partial charge in [0.2, 0.25) is 11.3 Å². The van der Waals surface area contributed by atoms with Gasteiger partial charge in [-0.15, -0.1) is 0 Å². The summed E-state index contributed by atoms with van der Waals surface area (Å²) in [5.74, 6) is 0. The van der Waals surface area contributed by atoms with E-state index in [1.807, 2.05) is 0 Å². The van der Waals surface area contributed by atoms with Crippen LogP contribution < -0.4 is 0 Å². The minimum Gasteiger partial charge on any atom is -0.393 e. The molecule has 1 atom stereocenters. The molecule has 1 heterocycles. The van der Waals surface area contributed by atoms with Crippen molar-refractivity contribution >= 4 is 11.3 Å². The van der Waals surface area contributed by atoms with Gasteiger partial charge in [0.25, 0.3) is 0 Å². The maximum atomic E-state index is 10.4. The summed E-state index contributed by atoms with van der Waals surface area (Å²) in [5, 5.41) is 9.00. The lowest BCUT2D eigenvalue weighted by atomic mass is 10.1. The van der Waals surface area contributed by atoms with E-state index in [9.17, 15) is 4.21 Å². The second kappa shape index (κ2) is 3.43. The Balaban J connectivity index is 2.33. The molecule has 0 saturated carbocycles. The average Bonchev–Trinajstić information content (AvgIpc) is 1.88. The van der Waals surface area contributed by atoms with Crippen LogP contribution in [0.2, 0.25) is 0 Å². The summed E-state index contributed by atoms with van der Waals surface area (Å²) in [6, 6.07) is 0. The maximum Gasteiger partial charge on any atom is 0.234 e. The molecule has 4 nitrogen and oxygen atoms in total. The van der Waals surface area contributed by atoms with Crippen molar-refractivity contribution in [2.45, 2.75) is 18.9 Å². The van der Waals surface area contributed by atoms with Crippen LogP contribution in [0.25, 0.3) is 0 Å². The van der Waals surface area contributed by atoms with Crippen molar-refractivity contribution in [3.63, 3.8) is 0 Å². The first-order valence-electron chi connectivity index (χ1n) is 3.24. The lowest BCUT2D eigenvalue weighted by molar-refractivity contribution is 0.112. The molecule has 1 unspecified atom stereocenters. The van der Waals surface area contributed by atoms with Crippen LogP contribution in [0.15, 0.2) is 0 Å². The molecule has 0 radical (unpaired) electrons. The van der Waals surface area contributed by atoms with E-state index in [1.165, 1.54) is 4.31 Å². The van der Waals surface area contributed by atoms with Crippen molar-refractivity contribution < 1.29 is 13.9 Å². The lowest BCUT2D eigenvalue weighted by Gasteiger charge is -2.25. The highest BCUT2D eigenvalue weighted by Gasteiger charge is 2.19. The molecule has 0 spiro atoms. The third-order valence-electron chi connectivity index (χ3n) is 1.64. The van der Waals surface area contributed by atoms with E-state index in [1.54, 1.807) is 0 Å². The van der Waals surface area contributed by atoms with Gasteiger partial charge < -0.3 is 5.11 Å². The number of aliphatic hydroxyl groups is 1. The topological polar surface area (TPSA) is 60.8 Å². The Hall–Kier alpha value is 0.0300. The van der Waals surface area contributed by atoms with Gasteiger partial charge in [-0.2, -0.15) is 0 Å². The van der Waals surface area contributed by atoms with Gasteiger partial charge >= 0.3 is 0 Å². The molecule has 1 aliphatic heterocycles. The van der Waals surface area contributed by atoms with Crippen LogP contribution in [0.4, 0.5) is 0 Å². The van der Waals surface area contributed by atoms with Crippen LogP contribution in [-0.2, 0) is 11.3 Å². The number of aliphatic hydroxyl groups excluding tert-OH is 1. The zero-order valence-electron chi connectivity index (χ0n) is 5.56. The van der Waals surface area contributed by atoms with Gasteiger partial charge in [-0.1, -0.05) is 0 Å². The Morgan fingerprint density at radius 2 is 1.90 bits per heavy atom. The quantitative estimate of drug-likeness (QED) is 0.519. The molecule has 1 rings (SSSR count). The van der Waals surface area contributed by atoms with Crippen LogP contribution in [-0.4, -0.2) is 37.4 Å². The zero-order chi connectivity index (χ0) is 7.56. The summed E-state index contributed by atoms with van der Waals surface area (Å²) in [6.07, 6.45) is 0.929. The smallest absolute Gasteiger partial charge is 0.234 e. The summed E-state index contributed by atoms with van der Waals surface area (Å²) in [6.45, 7) is 1.04. The van der Waals surface area contributed by atoms with Crippen molar-refractivity contribution in [3.8, 4) is 0 Å². The predicted octanol–water partition coefficient (Wildman–Crippen LogP) is -0.420. The standard InChI is InChI=1S/C5H11NO3S/c7-5-1-3-6(4-2-5)10(8)9/h5,7H,1-4H2,(H,8,9). The van der Waals surface area contributed by atoms with E-state index in [-0.39, 0.29) is 6.10 Å². The number of piperidine rings is 1. The van der Waals surface area contributed by atoms with Gasteiger partial charge in [0, 0.05) is 13.1 Å². The Labute approximate surface area is 62.3 Å². The van der Waals surface area contributed by atoms with Crippen LogP contribution in [0, 0.1) is 0 Å². The number of hydrogen-bond donors (Lipinski definition) is 2. The van der Waals surface area contributed by atoms with E-state index in [4.69, 9.17) is 9.66 Å². The van der Waals surface area contributed by atoms with Gasteiger partial charge in [0.1, 0.15) is 0 Å². The Morgan fingerprint density at radius 1 is 1.40 bits per heavy atom. The van der Waals surface area contributed by atoms with E-state index in [2.05, 4.69) is 0 Å². The molecule has 0 aromatic rings. The minimum atomic E-state index is -1.84. The molecular weight excluding hydrogens is 154 g/mol. The number of rotatable bonds is 1. The third-order valence-corrected chi connectivity index (χ3v) is 2.45. The summed E-state index contributed by atoms with van der Waals surface area (Å²) in [5.41, 5.74) is 0. The Kier molecular flexibility index (Phi) is 2.79.